The largest absolute Gasteiger partial charge is 0.372 e. The van der Waals surface area contributed by atoms with Crippen LogP contribution in [0.15, 0.2) is 30.3 Å². The van der Waals surface area contributed by atoms with Crippen LogP contribution in [0.4, 0.5) is 3.89 Å². The smallest absolute Gasteiger partial charge is 0.184 e. The van der Waals surface area contributed by atoms with Gasteiger partial charge in [0.05, 0.1) is 0 Å². The predicted molar refractivity (Wildman–Crippen MR) is 43.3 cm³/mol. The van der Waals surface area contributed by atoms with Crippen molar-refractivity contribution in [3.8, 4) is 0 Å². The number of hydrogen-bond donors (Lipinski definition) is 1. The third-order valence-corrected chi connectivity index (χ3v) is 1.78. The van der Waals surface area contributed by atoms with Gasteiger partial charge >= 0.3 is 10.4 Å². The maximum Gasteiger partial charge on any atom is 0.372 e. The number of nitrogens with one attached hydrogen (secondary N) is 1. The third kappa shape index (κ3) is 3.45. The highest BCUT2D eigenvalue weighted by Gasteiger charge is 2.03. The topological polar surface area (TPSA) is 46.2 Å². The zero-order valence-corrected chi connectivity index (χ0v) is 7.01. The SMILES string of the molecule is O=S(=O)(F)NCc1ccccc1. The molecule has 0 atom stereocenters. The first-order chi connectivity index (χ1) is 5.58. The van der Waals surface area contributed by atoms with Crippen molar-refractivity contribution in [1.29, 1.82) is 0 Å². The van der Waals surface area contributed by atoms with Crippen LogP contribution in [0, 0.1) is 0 Å². The Balaban J connectivity index is 2.56. The molecule has 66 valence electrons. The Bertz CT molecular complexity index is 336. The summed E-state index contributed by atoms with van der Waals surface area (Å²) in [7, 11) is -4.57. The van der Waals surface area contributed by atoms with E-state index in [-0.39, 0.29) is 6.54 Å². The molecule has 0 fully saturated rings. The molecule has 0 aliphatic carbocycles. The van der Waals surface area contributed by atoms with Crippen molar-refractivity contribution >= 4 is 10.4 Å². The van der Waals surface area contributed by atoms with Crippen LogP contribution in [-0.4, -0.2) is 8.42 Å². The molecule has 1 rings (SSSR count). The molecule has 1 aromatic rings. The van der Waals surface area contributed by atoms with Gasteiger partial charge in [-0.05, 0) is 5.56 Å². The molecule has 0 bridgehead atoms. The summed E-state index contributed by atoms with van der Waals surface area (Å²) in [5.74, 6) is 0. The second kappa shape index (κ2) is 3.64. The molecule has 0 unspecified atom stereocenters. The van der Waals surface area contributed by atoms with Crippen LogP contribution in [0.2, 0.25) is 0 Å². The van der Waals surface area contributed by atoms with Gasteiger partial charge in [0.15, 0.2) is 0 Å². The molecule has 0 saturated carbocycles. The van der Waals surface area contributed by atoms with Gasteiger partial charge in [-0.15, -0.1) is 0 Å². The fourth-order valence-corrected chi connectivity index (χ4v) is 1.10. The minimum atomic E-state index is -4.57. The summed E-state index contributed by atoms with van der Waals surface area (Å²) >= 11 is 0. The minimum Gasteiger partial charge on any atom is -0.184 e. The van der Waals surface area contributed by atoms with Crippen LogP contribution in [0.3, 0.4) is 0 Å². The lowest BCUT2D eigenvalue weighted by atomic mass is 10.2. The first-order valence-electron chi connectivity index (χ1n) is 3.31. The van der Waals surface area contributed by atoms with E-state index in [0.717, 1.165) is 5.56 Å². The van der Waals surface area contributed by atoms with Crippen LogP contribution in [0.5, 0.6) is 0 Å². The normalized spacial score (nSPS) is 11.4. The molecular formula is C7H8FNO2S. The summed E-state index contributed by atoms with van der Waals surface area (Å²) in [6, 6.07) is 8.72. The van der Waals surface area contributed by atoms with Crippen molar-refractivity contribution in [3.05, 3.63) is 35.9 Å². The molecule has 0 radical (unpaired) electrons. The Morgan fingerprint density at radius 2 is 1.83 bits per heavy atom. The Labute approximate surface area is 70.6 Å². The first kappa shape index (κ1) is 9.15. The molecule has 5 heteroatoms. The van der Waals surface area contributed by atoms with Crippen molar-refractivity contribution in [2.45, 2.75) is 6.54 Å². The summed E-state index contributed by atoms with van der Waals surface area (Å²) in [6.07, 6.45) is 0. The summed E-state index contributed by atoms with van der Waals surface area (Å²) in [5, 5.41) is 0. The van der Waals surface area contributed by atoms with E-state index in [4.69, 9.17) is 0 Å². The van der Waals surface area contributed by atoms with E-state index in [0.29, 0.717) is 0 Å². The zero-order chi connectivity index (χ0) is 9.03. The van der Waals surface area contributed by atoms with E-state index in [1.54, 1.807) is 35.1 Å². The molecule has 3 nitrogen and oxygen atoms in total. The highest BCUT2D eigenvalue weighted by atomic mass is 32.3. The van der Waals surface area contributed by atoms with E-state index in [2.05, 4.69) is 0 Å². The van der Waals surface area contributed by atoms with Gasteiger partial charge in [0.25, 0.3) is 0 Å². The quantitative estimate of drug-likeness (QED) is 0.721. The maximum atomic E-state index is 11.9. The lowest BCUT2D eigenvalue weighted by Gasteiger charge is -1.98. The van der Waals surface area contributed by atoms with Crippen molar-refractivity contribution in [2.24, 2.45) is 0 Å². The molecule has 0 aromatic heterocycles. The number of rotatable bonds is 3. The molecule has 0 amide bonds. The molecular weight excluding hydrogens is 181 g/mol. The van der Waals surface area contributed by atoms with E-state index in [1.807, 2.05) is 0 Å². The van der Waals surface area contributed by atoms with Crippen molar-refractivity contribution < 1.29 is 12.3 Å². The second-order valence-electron chi connectivity index (χ2n) is 2.24. The highest BCUT2D eigenvalue weighted by molar-refractivity contribution is 7.84. The van der Waals surface area contributed by atoms with Gasteiger partial charge in [0.1, 0.15) is 0 Å². The molecule has 0 aliphatic rings. The monoisotopic (exact) mass is 189 g/mol. The molecule has 0 heterocycles. The molecule has 12 heavy (non-hydrogen) atoms. The van der Waals surface area contributed by atoms with Gasteiger partial charge < -0.3 is 0 Å². The lowest BCUT2D eigenvalue weighted by Crippen LogP contribution is -2.17. The number of halogens is 1. The van der Waals surface area contributed by atoms with Crippen LogP contribution in [-0.2, 0) is 17.0 Å². The summed E-state index contributed by atoms with van der Waals surface area (Å²) < 4.78 is 33.7. The second-order valence-corrected chi connectivity index (χ2v) is 3.41. The van der Waals surface area contributed by atoms with Crippen molar-refractivity contribution in [3.63, 3.8) is 0 Å². The minimum absolute atomic E-state index is 0.0142. The summed E-state index contributed by atoms with van der Waals surface area (Å²) in [5.41, 5.74) is 0.721. The van der Waals surface area contributed by atoms with Crippen molar-refractivity contribution in [1.82, 2.24) is 4.72 Å². The van der Waals surface area contributed by atoms with Crippen LogP contribution < -0.4 is 4.72 Å². The lowest BCUT2D eigenvalue weighted by molar-refractivity contribution is 0.535. The van der Waals surface area contributed by atoms with Crippen LogP contribution in [0.1, 0.15) is 5.56 Å². The van der Waals surface area contributed by atoms with E-state index >= 15 is 0 Å². The Hall–Kier alpha value is -0.940. The highest BCUT2D eigenvalue weighted by Crippen LogP contribution is 1.98. The molecule has 0 saturated heterocycles. The van der Waals surface area contributed by atoms with Gasteiger partial charge in [-0.1, -0.05) is 34.2 Å². The van der Waals surface area contributed by atoms with Gasteiger partial charge in [-0.25, -0.2) is 0 Å². The summed E-state index contributed by atoms with van der Waals surface area (Å²) in [4.78, 5) is 0. The van der Waals surface area contributed by atoms with Crippen LogP contribution in [0.25, 0.3) is 0 Å². The first-order valence-corrected chi connectivity index (χ1v) is 4.69. The molecule has 0 aliphatic heterocycles. The van der Waals surface area contributed by atoms with Gasteiger partial charge in [-0.2, -0.15) is 13.1 Å². The molecule has 1 aromatic carbocycles. The molecule has 1 N–H and O–H groups in total. The Morgan fingerprint density at radius 3 is 2.33 bits per heavy atom. The van der Waals surface area contributed by atoms with E-state index in [9.17, 15) is 12.3 Å². The molecule has 0 spiro atoms. The Morgan fingerprint density at radius 1 is 1.25 bits per heavy atom. The average molecular weight is 189 g/mol. The standard InChI is InChI=1S/C7H8FNO2S/c8-12(10,11)9-6-7-4-2-1-3-5-7/h1-5,9H,6H2. The predicted octanol–water partition coefficient (Wildman–Crippen LogP) is 0.991. The average Bonchev–Trinajstić information content (AvgIpc) is 2.02. The van der Waals surface area contributed by atoms with Crippen LogP contribution >= 0.6 is 0 Å². The summed E-state index contributed by atoms with van der Waals surface area (Å²) in [6.45, 7) is -0.0142. The maximum absolute atomic E-state index is 11.9. The number of benzene rings is 1. The van der Waals surface area contributed by atoms with E-state index in [1.165, 1.54) is 0 Å². The van der Waals surface area contributed by atoms with E-state index < -0.39 is 10.4 Å². The van der Waals surface area contributed by atoms with Gasteiger partial charge in [-0.3, -0.25) is 0 Å². The Kier molecular flexibility index (Phi) is 2.78. The zero-order valence-electron chi connectivity index (χ0n) is 6.20. The number of hydrogen-bond acceptors (Lipinski definition) is 2. The third-order valence-electron chi connectivity index (χ3n) is 1.29. The van der Waals surface area contributed by atoms with Gasteiger partial charge in [0.2, 0.25) is 0 Å². The fraction of sp³-hybridized carbons (Fsp3) is 0.143. The van der Waals surface area contributed by atoms with Crippen molar-refractivity contribution in [2.75, 3.05) is 0 Å². The fourth-order valence-electron chi connectivity index (χ4n) is 0.765. The van der Waals surface area contributed by atoms with Gasteiger partial charge in [0, 0.05) is 6.54 Å².